The van der Waals surface area contributed by atoms with Gasteiger partial charge < -0.3 is 13.8 Å². The van der Waals surface area contributed by atoms with E-state index in [0.717, 1.165) is 17.0 Å². The van der Waals surface area contributed by atoms with Crippen molar-refractivity contribution in [3.63, 3.8) is 0 Å². The molecule has 98 valence electrons. The molecule has 5 heteroatoms. The van der Waals surface area contributed by atoms with Crippen molar-refractivity contribution in [1.29, 1.82) is 0 Å². The van der Waals surface area contributed by atoms with Gasteiger partial charge in [-0.1, -0.05) is 17.2 Å². The summed E-state index contributed by atoms with van der Waals surface area (Å²) in [6, 6.07) is 0. The smallest absolute Gasteiger partial charge is 0.400 e. The van der Waals surface area contributed by atoms with E-state index >= 15 is 0 Å². The van der Waals surface area contributed by atoms with Crippen LogP contribution >= 0.6 is 0 Å². The molecule has 1 aliphatic rings. The van der Waals surface area contributed by atoms with E-state index in [9.17, 15) is 0 Å². The molecule has 2 rings (SSSR count). The van der Waals surface area contributed by atoms with Gasteiger partial charge in [-0.25, -0.2) is 0 Å². The average molecular weight is 249 g/mol. The summed E-state index contributed by atoms with van der Waals surface area (Å²) in [6.07, 6.45) is 1.95. The molecule has 18 heavy (non-hydrogen) atoms. The lowest BCUT2D eigenvalue weighted by Crippen LogP contribution is -2.41. The van der Waals surface area contributed by atoms with Crippen LogP contribution in [0.3, 0.4) is 0 Å². The third kappa shape index (κ3) is 2.25. The van der Waals surface area contributed by atoms with Crippen molar-refractivity contribution in [3.8, 4) is 0 Å². The van der Waals surface area contributed by atoms with Gasteiger partial charge in [0.2, 0.25) is 0 Å². The Morgan fingerprint density at radius 3 is 2.06 bits per heavy atom. The van der Waals surface area contributed by atoms with E-state index in [-0.39, 0.29) is 18.3 Å². The van der Waals surface area contributed by atoms with Gasteiger partial charge in [-0.3, -0.25) is 0 Å². The van der Waals surface area contributed by atoms with Gasteiger partial charge in [-0.15, -0.1) is 0 Å². The van der Waals surface area contributed by atoms with Crippen LogP contribution in [0.1, 0.15) is 44.7 Å². The van der Waals surface area contributed by atoms with E-state index in [4.69, 9.17) is 13.8 Å². The highest BCUT2D eigenvalue weighted by Gasteiger charge is 2.50. The van der Waals surface area contributed by atoms with E-state index in [1.54, 1.807) is 0 Å². The maximum Gasteiger partial charge on any atom is 0.487 e. The quantitative estimate of drug-likeness (QED) is 0.756. The summed E-state index contributed by atoms with van der Waals surface area (Å²) < 4.78 is 16.9. The fourth-order valence-corrected chi connectivity index (χ4v) is 1.87. The molecule has 0 saturated carbocycles. The van der Waals surface area contributed by atoms with E-state index in [1.807, 2.05) is 53.6 Å². The summed E-state index contributed by atoms with van der Waals surface area (Å²) in [5.74, 6) is 2.71. The van der Waals surface area contributed by atoms with Crippen LogP contribution in [0, 0.1) is 13.8 Å². The third-order valence-electron chi connectivity index (χ3n) is 3.78. The number of rotatable bonds is 2. The maximum atomic E-state index is 5.88. The molecule has 1 fully saturated rings. The summed E-state index contributed by atoms with van der Waals surface area (Å²) in [5, 5.41) is 3.91. The van der Waals surface area contributed by atoms with Crippen molar-refractivity contribution in [1.82, 2.24) is 5.16 Å². The van der Waals surface area contributed by atoms with Crippen molar-refractivity contribution in [2.24, 2.45) is 0 Å². The lowest BCUT2D eigenvalue weighted by atomic mass is 9.89. The predicted octanol–water partition coefficient (Wildman–Crippen LogP) is 2.94. The molecule has 0 amide bonds. The fourth-order valence-electron chi connectivity index (χ4n) is 1.87. The molecule has 0 aliphatic carbocycles. The van der Waals surface area contributed by atoms with E-state index in [0.29, 0.717) is 0 Å². The Morgan fingerprint density at radius 2 is 1.61 bits per heavy atom. The zero-order valence-electron chi connectivity index (χ0n) is 11.9. The molecule has 0 spiro atoms. The molecule has 0 unspecified atom stereocenters. The Labute approximate surface area is 108 Å². The summed E-state index contributed by atoms with van der Waals surface area (Å²) >= 11 is 0. The number of nitrogens with zero attached hydrogens (tertiary/aromatic N) is 1. The topological polar surface area (TPSA) is 44.5 Å². The van der Waals surface area contributed by atoms with E-state index in [2.05, 4.69) is 5.16 Å². The SMILES string of the molecule is Cc1noc(C)c1/C=C/B1OC(C)(C)C(C)(C)O1. The van der Waals surface area contributed by atoms with Gasteiger partial charge in [-0.2, -0.15) is 0 Å². The molecule has 1 aliphatic heterocycles. The van der Waals surface area contributed by atoms with Gasteiger partial charge in [-0.05, 0) is 41.5 Å². The van der Waals surface area contributed by atoms with Crippen LogP contribution in [-0.4, -0.2) is 23.5 Å². The first kappa shape index (κ1) is 13.4. The Balaban J connectivity index is 2.13. The zero-order valence-corrected chi connectivity index (χ0v) is 11.9. The lowest BCUT2D eigenvalue weighted by molar-refractivity contribution is 0.00578. The molecule has 4 nitrogen and oxygen atoms in total. The number of aryl methyl sites for hydroxylation is 2. The minimum atomic E-state index is -0.330. The molecular weight excluding hydrogens is 229 g/mol. The summed E-state index contributed by atoms with van der Waals surface area (Å²) in [6.45, 7) is 12.0. The summed E-state index contributed by atoms with van der Waals surface area (Å²) in [4.78, 5) is 0. The summed E-state index contributed by atoms with van der Waals surface area (Å²) in [5.41, 5.74) is 1.26. The van der Waals surface area contributed by atoms with Gasteiger partial charge in [0.05, 0.1) is 16.9 Å². The Morgan fingerprint density at radius 1 is 1.06 bits per heavy atom. The van der Waals surface area contributed by atoms with E-state index < -0.39 is 0 Å². The molecule has 0 N–H and O–H groups in total. The van der Waals surface area contributed by atoms with Crippen LogP contribution in [0.15, 0.2) is 10.5 Å². The minimum Gasteiger partial charge on any atom is -0.400 e. The third-order valence-corrected chi connectivity index (χ3v) is 3.78. The highest BCUT2D eigenvalue weighted by atomic mass is 16.7. The fraction of sp³-hybridized carbons (Fsp3) is 0.615. The monoisotopic (exact) mass is 249 g/mol. The largest absolute Gasteiger partial charge is 0.487 e. The van der Waals surface area contributed by atoms with Crippen molar-refractivity contribution < 1.29 is 13.8 Å². The number of aromatic nitrogens is 1. The summed E-state index contributed by atoms with van der Waals surface area (Å²) in [7, 11) is -0.330. The van der Waals surface area contributed by atoms with Crippen molar-refractivity contribution in [2.75, 3.05) is 0 Å². The van der Waals surface area contributed by atoms with Crippen LogP contribution in [-0.2, 0) is 9.31 Å². The Kier molecular flexibility index (Phi) is 3.15. The molecule has 1 aromatic heterocycles. The normalized spacial score (nSPS) is 22.0. The van der Waals surface area contributed by atoms with Crippen LogP contribution < -0.4 is 0 Å². The van der Waals surface area contributed by atoms with Crippen molar-refractivity contribution in [2.45, 2.75) is 52.7 Å². The van der Waals surface area contributed by atoms with Crippen molar-refractivity contribution >= 4 is 13.2 Å². The molecule has 1 aromatic rings. The first-order valence-electron chi connectivity index (χ1n) is 6.20. The van der Waals surface area contributed by atoms with Crippen LogP contribution in [0.4, 0.5) is 0 Å². The van der Waals surface area contributed by atoms with E-state index in [1.165, 1.54) is 0 Å². The van der Waals surface area contributed by atoms with Gasteiger partial charge in [0, 0.05) is 5.56 Å². The van der Waals surface area contributed by atoms with Crippen molar-refractivity contribution in [3.05, 3.63) is 23.0 Å². The van der Waals surface area contributed by atoms with Crippen LogP contribution in [0.5, 0.6) is 0 Å². The number of hydrogen-bond donors (Lipinski definition) is 0. The molecule has 2 heterocycles. The first-order chi connectivity index (χ1) is 8.23. The lowest BCUT2D eigenvalue weighted by Gasteiger charge is -2.32. The first-order valence-corrected chi connectivity index (χ1v) is 6.20. The van der Waals surface area contributed by atoms with Gasteiger partial charge >= 0.3 is 7.12 Å². The van der Waals surface area contributed by atoms with Crippen LogP contribution in [0.25, 0.3) is 6.08 Å². The second-order valence-corrected chi connectivity index (χ2v) is 5.72. The Hall–Kier alpha value is -1.07. The standard InChI is InChI=1S/C13H20BNO3/c1-9-11(10(2)16-15-9)7-8-14-17-12(3,4)13(5,6)18-14/h7-8H,1-6H3/b8-7+. The highest BCUT2D eigenvalue weighted by molar-refractivity contribution is 6.52. The van der Waals surface area contributed by atoms with Gasteiger partial charge in [0.25, 0.3) is 0 Å². The van der Waals surface area contributed by atoms with Gasteiger partial charge in [0.15, 0.2) is 0 Å². The molecule has 1 saturated heterocycles. The second-order valence-electron chi connectivity index (χ2n) is 5.72. The Bertz CT molecular complexity index is 441. The second kappa shape index (κ2) is 4.25. The minimum absolute atomic E-state index is 0.305. The average Bonchev–Trinajstić information content (AvgIpc) is 2.63. The molecule has 0 radical (unpaired) electrons. The maximum absolute atomic E-state index is 5.88. The molecule has 0 aromatic carbocycles. The zero-order chi connectivity index (χ0) is 13.6. The highest BCUT2D eigenvalue weighted by Crippen LogP contribution is 2.37. The molecule has 0 bridgehead atoms. The van der Waals surface area contributed by atoms with Gasteiger partial charge in [0.1, 0.15) is 5.76 Å². The predicted molar refractivity (Wildman–Crippen MR) is 71.1 cm³/mol. The van der Waals surface area contributed by atoms with Crippen LogP contribution in [0.2, 0.25) is 0 Å². The molecular formula is C13H20BNO3. The molecule has 0 atom stereocenters. The number of hydrogen-bond acceptors (Lipinski definition) is 4.